The van der Waals surface area contributed by atoms with Gasteiger partial charge in [0.05, 0.1) is 12.7 Å². The predicted octanol–water partition coefficient (Wildman–Crippen LogP) is 1.37. The van der Waals surface area contributed by atoms with Gasteiger partial charge in [-0.2, -0.15) is 4.98 Å². The number of anilines is 1. The normalized spacial score (nSPS) is 10.3. The largest absolute Gasteiger partial charge is 0.480 e. The van der Waals surface area contributed by atoms with E-state index in [0.717, 1.165) is 17.1 Å². The zero-order valence-electron chi connectivity index (χ0n) is 8.61. The molecule has 5 nitrogen and oxygen atoms in total. The Hall–Kier alpha value is -2.04. The third-order valence-electron chi connectivity index (χ3n) is 2.03. The molecular formula is C10H12N4O. The number of nitrogens with one attached hydrogen (secondary N) is 1. The van der Waals surface area contributed by atoms with E-state index in [4.69, 9.17) is 10.5 Å². The third kappa shape index (κ3) is 1.76. The maximum absolute atomic E-state index is 5.56. The van der Waals surface area contributed by atoms with Gasteiger partial charge in [-0.15, -0.1) is 0 Å². The molecule has 0 unspecified atom stereocenters. The molecule has 0 aliphatic carbocycles. The van der Waals surface area contributed by atoms with Gasteiger partial charge in [-0.05, 0) is 19.1 Å². The van der Waals surface area contributed by atoms with Gasteiger partial charge in [-0.25, -0.2) is 4.98 Å². The summed E-state index contributed by atoms with van der Waals surface area (Å²) in [4.78, 5) is 11.4. The fourth-order valence-corrected chi connectivity index (χ4v) is 1.34. The quantitative estimate of drug-likeness (QED) is 0.774. The number of aromatic nitrogens is 3. The molecule has 0 fully saturated rings. The fourth-order valence-electron chi connectivity index (χ4n) is 1.34. The van der Waals surface area contributed by atoms with E-state index in [1.54, 1.807) is 19.4 Å². The van der Waals surface area contributed by atoms with Crippen LogP contribution < -0.4 is 10.5 Å². The number of imidazole rings is 1. The highest BCUT2D eigenvalue weighted by molar-refractivity contribution is 5.63. The molecule has 0 bridgehead atoms. The smallest absolute Gasteiger partial charge is 0.226 e. The molecule has 3 N–H and O–H groups in total. The Labute approximate surface area is 87.3 Å². The van der Waals surface area contributed by atoms with Crippen molar-refractivity contribution in [2.45, 2.75) is 6.92 Å². The van der Waals surface area contributed by atoms with E-state index in [9.17, 15) is 0 Å². The van der Waals surface area contributed by atoms with Gasteiger partial charge in [0.15, 0.2) is 0 Å². The first-order chi connectivity index (χ1) is 7.20. The summed E-state index contributed by atoms with van der Waals surface area (Å²) in [6.07, 6.45) is 1.76. The second kappa shape index (κ2) is 3.61. The first-order valence-corrected chi connectivity index (χ1v) is 4.53. The molecule has 5 heteroatoms. The standard InChI is InChI=1S/C10H12N4O/c1-6-5-12-9(13-6)7-3-4-8(11)14-10(7)15-2/h3-5H,1-2H3,(H2,11,14)(H,12,13). The second-order valence-electron chi connectivity index (χ2n) is 3.21. The van der Waals surface area contributed by atoms with Crippen molar-refractivity contribution in [3.05, 3.63) is 24.0 Å². The Balaban J connectivity index is 2.52. The van der Waals surface area contributed by atoms with Crippen LogP contribution in [0, 0.1) is 6.92 Å². The van der Waals surface area contributed by atoms with E-state index in [1.165, 1.54) is 0 Å². The lowest BCUT2D eigenvalue weighted by Crippen LogP contribution is -1.96. The SMILES string of the molecule is COc1nc(N)ccc1-c1ncc(C)[nH]1. The zero-order chi connectivity index (χ0) is 10.8. The lowest BCUT2D eigenvalue weighted by Gasteiger charge is -2.05. The van der Waals surface area contributed by atoms with Crippen molar-refractivity contribution in [3.63, 3.8) is 0 Å². The molecule has 2 aromatic rings. The Morgan fingerprint density at radius 1 is 1.40 bits per heavy atom. The van der Waals surface area contributed by atoms with E-state index < -0.39 is 0 Å². The summed E-state index contributed by atoms with van der Waals surface area (Å²) in [5.74, 6) is 1.64. The van der Waals surface area contributed by atoms with Crippen LogP contribution in [0.5, 0.6) is 5.88 Å². The molecule has 0 saturated heterocycles. The summed E-state index contributed by atoms with van der Waals surface area (Å²) in [7, 11) is 1.56. The number of hydrogen-bond donors (Lipinski definition) is 2. The number of hydrogen-bond acceptors (Lipinski definition) is 4. The first kappa shape index (κ1) is 9.51. The van der Waals surface area contributed by atoms with Crippen molar-refractivity contribution in [1.29, 1.82) is 0 Å². The zero-order valence-corrected chi connectivity index (χ0v) is 8.61. The average Bonchev–Trinajstić information content (AvgIpc) is 2.64. The maximum Gasteiger partial charge on any atom is 0.226 e. The number of aromatic amines is 1. The number of nitrogen functional groups attached to an aromatic ring is 1. The van der Waals surface area contributed by atoms with Gasteiger partial charge >= 0.3 is 0 Å². The molecule has 0 radical (unpaired) electrons. The minimum atomic E-state index is 0.430. The summed E-state index contributed by atoms with van der Waals surface area (Å²) in [6.45, 7) is 1.94. The summed E-state index contributed by atoms with van der Waals surface area (Å²) in [6, 6.07) is 3.55. The minimum Gasteiger partial charge on any atom is -0.480 e. The van der Waals surface area contributed by atoms with Crippen LogP contribution >= 0.6 is 0 Å². The average molecular weight is 204 g/mol. The molecule has 2 aromatic heterocycles. The summed E-state index contributed by atoms with van der Waals surface area (Å²) in [5.41, 5.74) is 7.36. The van der Waals surface area contributed by atoms with Crippen molar-refractivity contribution < 1.29 is 4.74 Å². The molecule has 2 rings (SSSR count). The Morgan fingerprint density at radius 3 is 2.80 bits per heavy atom. The van der Waals surface area contributed by atoms with Gasteiger partial charge in [0.1, 0.15) is 11.6 Å². The minimum absolute atomic E-state index is 0.430. The lowest BCUT2D eigenvalue weighted by molar-refractivity contribution is 0.400. The molecule has 2 heterocycles. The van der Waals surface area contributed by atoms with E-state index in [-0.39, 0.29) is 0 Å². The van der Waals surface area contributed by atoms with Gasteiger partial charge in [0.25, 0.3) is 0 Å². The summed E-state index contributed by atoms with van der Waals surface area (Å²) >= 11 is 0. The summed E-state index contributed by atoms with van der Waals surface area (Å²) in [5, 5.41) is 0. The van der Waals surface area contributed by atoms with Crippen molar-refractivity contribution >= 4 is 5.82 Å². The molecule has 0 aliphatic heterocycles. The van der Waals surface area contributed by atoms with Gasteiger partial charge in [-0.1, -0.05) is 0 Å². The molecular weight excluding hydrogens is 192 g/mol. The van der Waals surface area contributed by atoms with E-state index in [0.29, 0.717) is 11.7 Å². The maximum atomic E-state index is 5.56. The number of pyridine rings is 1. The monoisotopic (exact) mass is 204 g/mol. The molecule has 0 spiro atoms. The second-order valence-corrected chi connectivity index (χ2v) is 3.21. The topological polar surface area (TPSA) is 76.8 Å². The predicted molar refractivity (Wildman–Crippen MR) is 57.5 cm³/mol. The molecule has 0 amide bonds. The van der Waals surface area contributed by atoms with Gasteiger partial charge in [0, 0.05) is 11.9 Å². The summed E-state index contributed by atoms with van der Waals surface area (Å²) < 4.78 is 5.14. The van der Waals surface area contributed by atoms with Crippen LogP contribution in [0.1, 0.15) is 5.69 Å². The van der Waals surface area contributed by atoms with E-state index in [2.05, 4.69) is 15.0 Å². The van der Waals surface area contributed by atoms with Crippen LogP contribution in [0.15, 0.2) is 18.3 Å². The molecule has 0 aliphatic rings. The van der Waals surface area contributed by atoms with Crippen molar-refractivity contribution in [2.24, 2.45) is 0 Å². The number of methoxy groups -OCH3 is 1. The van der Waals surface area contributed by atoms with Crippen LogP contribution in [0.25, 0.3) is 11.4 Å². The van der Waals surface area contributed by atoms with Crippen LogP contribution in [0.4, 0.5) is 5.82 Å². The third-order valence-corrected chi connectivity index (χ3v) is 2.03. The van der Waals surface area contributed by atoms with E-state index in [1.807, 2.05) is 13.0 Å². The van der Waals surface area contributed by atoms with Crippen LogP contribution in [0.2, 0.25) is 0 Å². The van der Waals surface area contributed by atoms with Gasteiger partial charge < -0.3 is 15.5 Å². The van der Waals surface area contributed by atoms with Crippen molar-refractivity contribution in [3.8, 4) is 17.3 Å². The van der Waals surface area contributed by atoms with Gasteiger partial charge in [0.2, 0.25) is 5.88 Å². The molecule has 0 saturated carbocycles. The number of rotatable bonds is 2. The van der Waals surface area contributed by atoms with Crippen LogP contribution in [-0.2, 0) is 0 Å². The highest BCUT2D eigenvalue weighted by Gasteiger charge is 2.10. The lowest BCUT2D eigenvalue weighted by atomic mass is 10.2. The van der Waals surface area contributed by atoms with Crippen molar-refractivity contribution in [2.75, 3.05) is 12.8 Å². The number of nitrogens with zero attached hydrogens (tertiary/aromatic N) is 2. The van der Waals surface area contributed by atoms with Crippen LogP contribution in [0.3, 0.4) is 0 Å². The molecule has 0 atom stereocenters. The number of ether oxygens (including phenoxy) is 1. The van der Waals surface area contributed by atoms with Crippen LogP contribution in [-0.4, -0.2) is 22.1 Å². The van der Waals surface area contributed by atoms with Gasteiger partial charge in [-0.3, -0.25) is 0 Å². The fraction of sp³-hybridized carbons (Fsp3) is 0.200. The van der Waals surface area contributed by atoms with Crippen molar-refractivity contribution in [1.82, 2.24) is 15.0 Å². The number of aryl methyl sites for hydroxylation is 1. The highest BCUT2D eigenvalue weighted by Crippen LogP contribution is 2.26. The molecule has 0 aromatic carbocycles. The Kier molecular flexibility index (Phi) is 2.29. The molecule has 78 valence electrons. The number of H-pyrrole nitrogens is 1. The van der Waals surface area contributed by atoms with E-state index >= 15 is 0 Å². The first-order valence-electron chi connectivity index (χ1n) is 4.53. The Morgan fingerprint density at radius 2 is 2.20 bits per heavy atom. The number of nitrogens with two attached hydrogens (primary N) is 1. The highest BCUT2D eigenvalue weighted by atomic mass is 16.5. The Bertz CT molecular complexity index is 478. The molecule has 15 heavy (non-hydrogen) atoms.